The van der Waals surface area contributed by atoms with E-state index >= 15 is 0 Å². The molecule has 0 bridgehead atoms. The number of halogens is 1. The number of hydrogen-bond donors (Lipinski definition) is 2. The largest absolute Gasteiger partial charge is 0.398 e. The first-order valence-electron chi connectivity index (χ1n) is 6.08. The first-order valence-corrected chi connectivity index (χ1v) is 6.87. The fourth-order valence-corrected chi connectivity index (χ4v) is 2.35. The predicted molar refractivity (Wildman–Crippen MR) is 74.4 cm³/mol. The quantitative estimate of drug-likeness (QED) is 0.841. The van der Waals surface area contributed by atoms with Gasteiger partial charge in [0.1, 0.15) is 0 Å². The van der Waals surface area contributed by atoms with Crippen LogP contribution in [0.5, 0.6) is 0 Å². The molecule has 0 spiro atoms. The Morgan fingerprint density at radius 3 is 3.06 bits per heavy atom. The van der Waals surface area contributed by atoms with Crippen LogP contribution in [0.4, 0.5) is 5.69 Å². The van der Waals surface area contributed by atoms with E-state index in [2.05, 4.69) is 21.2 Å². The monoisotopic (exact) mass is 312 g/mol. The molecule has 1 amide bonds. The Morgan fingerprint density at radius 2 is 2.39 bits per heavy atom. The topological polar surface area (TPSA) is 64.4 Å². The Hall–Kier alpha value is -1.07. The van der Waals surface area contributed by atoms with E-state index in [1.807, 2.05) is 0 Å². The number of benzene rings is 1. The minimum atomic E-state index is -0.0683. The van der Waals surface area contributed by atoms with Crippen LogP contribution >= 0.6 is 15.9 Å². The van der Waals surface area contributed by atoms with Gasteiger partial charge >= 0.3 is 0 Å². The summed E-state index contributed by atoms with van der Waals surface area (Å²) in [6, 6.07) is 5.19. The molecule has 1 fully saturated rings. The lowest BCUT2D eigenvalue weighted by atomic mass is 10.0. The molecule has 0 saturated carbocycles. The highest BCUT2D eigenvalue weighted by atomic mass is 79.9. The number of nitrogens with two attached hydrogens (primary N) is 1. The molecule has 4 nitrogen and oxygen atoms in total. The molecule has 3 N–H and O–H groups in total. The second-order valence-corrected chi connectivity index (χ2v) is 5.38. The third kappa shape index (κ3) is 3.46. The standard InChI is InChI=1S/C13H17BrN2O2/c14-11-6-10(3-4-12(11)15)13(17)16-7-9-2-1-5-18-8-9/h3-4,6,9H,1-2,5,7-8,15H2,(H,16,17). The molecule has 0 aliphatic carbocycles. The van der Waals surface area contributed by atoms with Crippen LogP contribution in [0.3, 0.4) is 0 Å². The average molecular weight is 313 g/mol. The van der Waals surface area contributed by atoms with Crippen molar-refractivity contribution < 1.29 is 9.53 Å². The lowest BCUT2D eigenvalue weighted by Crippen LogP contribution is -2.33. The Bertz CT molecular complexity index is 431. The van der Waals surface area contributed by atoms with Gasteiger partial charge in [-0.05, 0) is 52.9 Å². The molecule has 98 valence electrons. The molecular weight excluding hydrogens is 296 g/mol. The van der Waals surface area contributed by atoms with Gasteiger partial charge in [0.05, 0.1) is 6.61 Å². The van der Waals surface area contributed by atoms with Crippen molar-refractivity contribution in [1.29, 1.82) is 0 Å². The molecule has 1 aromatic carbocycles. The third-order valence-electron chi connectivity index (χ3n) is 3.07. The summed E-state index contributed by atoms with van der Waals surface area (Å²) in [6.07, 6.45) is 2.19. The van der Waals surface area contributed by atoms with Gasteiger partial charge in [-0.1, -0.05) is 0 Å². The van der Waals surface area contributed by atoms with Gasteiger partial charge in [0.25, 0.3) is 5.91 Å². The van der Waals surface area contributed by atoms with Crippen LogP contribution < -0.4 is 11.1 Å². The van der Waals surface area contributed by atoms with Crippen molar-refractivity contribution in [1.82, 2.24) is 5.32 Å². The van der Waals surface area contributed by atoms with Crippen molar-refractivity contribution in [2.24, 2.45) is 5.92 Å². The van der Waals surface area contributed by atoms with Crippen molar-refractivity contribution in [3.63, 3.8) is 0 Å². The molecule has 5 heteroatoms. The highest BCUT2D eigenvalue weighted by Gasteiger charge is 2.15. The SMILES string of the molecule is Nc1ccc(C(=O)NCC2CCCOC2)cc1Br. The van der Waals surface area contributed by atoms with Crippen LogP contribution in [-0.4, -0.2) is 25.7 Å². The van der Waals surface area contributed by atoms with Gasteiger partial charge in [0.15, 0.2) is 0 Å². The lowest BCUT2D eigenvalue weighted by Gasteiger charge is -2.22. The molecule has 1 heterocycles. The van der Waals surface area contributed by atoms with E-state index in [0.717, 1.165) is 30.5 Å². The van der Waals surface area contributed by atoms with Crippen molar-refractivity contribution in [2.45, 2.75) is 12.8 Å². The third-order valence-corrected chi connectivity index (χ3v) is 3.76. The first kappa shape index (κ1) is 13.4. The van der Waals surface area contributed by atoms with Gasteiger partial charge in [0, 0.05) is 28.9 Å². The van der Waals surface area contributed by atoms with Gasteiger partial charge in [-0.3, -0.25) is 4.79 Å². The van der Waals surface area contributed by atoms with E-state index in [9.17, 15) is 4.79 Å². The average Bonchev–Trinajstić information content (AvgIpc) is 2.40. The van der Waals surface area contributed by atoms with E-state index < -0.39 is 0 Å². The fraction of sp³-hybridized carbons (Fsp3) is 0.462. The molecule has 1 unspecified atom stereocenters. The van der Waals surface area contributed by atoms with Gasteiger partial charge in [-0.25, -0.2) is 0 Å². The number of ether oxygens (including phenoxy) is 1. The summed E-state index contributed by atoms with van der Waals surface area (Å²) >= 11 is 3.32. The maximum Gasteiger partial charge on any atom is 0.251 e. The van der Waals surface area contributed by atoms with Crippen LogP contribution in [-0.2, 0) is 4.74 Å². The second kappa shape index (κ2) is 6.20. The van der Waals surface area contributed by atoms with Crippen molar-refractivity contribution >= 4 is 27.5 Å². The smallest absolute Gasteiger partial charge is 0.251 e. The molecule has 1 aliphatic rings. The molecule has 1 saturated heterocycles. The summed E-state index contributed by atoms with van der Waals surface area (Å²) in [7, 11) is 0. The second-order valence-electron chi connectivity index (χ2n) is 4.53. The van der Waals surface area contributed by atoms with E-state index in [4.69, 9.17) is 10.5 Å². The normalized spacial score (nSPS) is 19.5. The highest BCUT2D eigenvalue weighted by Crippen LogP contribution is 2.20. The number of nitrogens with one attached hydrogen (secondary N) is 1. The lowest BCUT2D eigenvalue weighted by molar-refractivity contribution is 0.0536. The molecule has 1 aromatic rings. The number of rotatable bonds is 3. The van der Waals surface area contributed by atoms with E-state index in [1.165, 1.54) is 0 Å². The van der Waals surface area contributed by atoms with Crippen LogP contribution in [0.15, 0.2) is 22.7 Å². The Labute approximate surface area is 115 Å². The molecule has 0 radical (unpaired) electrons. The maximum atomic E-state index is 11.9. The van der Waals surface area contributed by atoms with Crippen LogP contribution in [0.1, 0.15) is 23.2 Å². The van der Waals surface area contributed by atoms with Gasteiger partial charge in [-0.2, -0.15) is 0 Å². The predicted octanol–water partition coefficient (Wildman–Crippen LogP) is 2.19. The number of carbonyl (C=O) groups excluding carboxylic acids is 1. The summed E-state index contributed by atoms with van der Waals surface area (Å²) in [5.41, 5.74) is 6.93. The number of anilines is 1. The number of amides is 1. The molecular formula is C13H17BrN2O2. The molecule has 18 heavy (non-hydrogen) atoms. The Balaban J connectivity index is 1.88. The minimum absolute atomic E-state index is 0.0683. The minimum Gasteiger partial charge on any atom is -0.398 e. The zero-order valence-corrected chi connectivity index (χ0v) is 11.7. The number of nitrogen functional groups attached to an aromatic ring is 1. The molecule has 0 aromatic heterocycles. The maximum absolute atomic E-state index is 11.9. The van der Waals surface area contributed by atoms with Crippen molar-refractivity contribution in [3.05, 3.63) is 28.2 Å². The number of hydrogen-bond acceptors (Lipinski definition) is 3. The number of carbonyl (C=O) groups is 1. The summed E-state index contributed by atoms with van der Waals surface area (Å²) in [6.45, 7) is 2.25. The first-order chi connectivity index (χ1) is 8.66. The van der Waals surface area contributed by atoms with Crippen molar-refractivity contribution in [3.8, 4) is 0 Å². The van der Waals surface area contributed by atoms with Crippen molar-refractivity contribution in [2.75, 3.05) is 25.5 Å². The summed E-state index contributed by atoms with van der Waals surface area (Å²) in [5, 5.41) is 2.93. The Morgan fingerprint density at radius 1 is 1.56 bits per heavy atom. The zero-order valence-electron chi connectivity index (χ0n) is 10.1. The van der Waals surface area contributed by atoms with E-state index in [-0.39, 0.29) is 5.91 Å². The van der Waals surface area contributed by atoms with Gasteiger partial charge < -0.3 is 15.8 Å². The Kier molecular flexibility index (Phi) is 4.60. The van der Waals surface area contributed by atoms with Crippen LogP contribution in [0.25, 0.3) is 0 Å². The molecule has 1 aliphatic heterocycles. The van der Waals surface area contributed by atoms with Crippen LogP contribution in [0, 0.1) is 5.92 Å². The molecule has 2 rings (SSSR count). The molecule has 1 atom stereocenters. The summed E-state index contributed by atoms with van der Waals surface area (Å²) < 4.78 is 6.13. The van der Waals surface area contributed by atoms with Gasteiger partial charge in [-0.15, -0.1) is 0 Å². The fourth-order valence-electron chi connectivity index (χ4n) is 1.98. The highest BCUT2D eigenvalue weighted by molar-refractivity contribution is 9.10. The van der Waals surface area contributed by atoms with E-state index in [1.54, 1.807) is 18.2 Å². The van der Waals surface area contributed by atoms with Crippen LogP contribution in [0.2, 0.25) is 0 Å². The van der Waals surface area contributed by atoms with Gasteiger partial charge in [0.2, 0.25) is 0 Å². The summed E-state index contributed by atoms with van der Waals surface area (Å²) in [5.74, 6) is 0.362. The summed E-state index contributed by atoms with van der Waals surface area (Å²) in [4.78, 5) is 11.9. The van der Waals surface area contributed by atoms with E-state index in [0.29, 0.717) is 23.7 Å². The zero-order chi connectivity index (χ0) is 13.0.